The number of rotatable bonds is 5. The highest BCUT2D eigenvalue weighted by molar-refractivity contribution is 6.30. The number of anilines is 2. The molecule has 1 atom stereocenters. The smallest absolute Gasteiger partial charge is 0.274 e. The number of nitrogens with one attached hydrogen (secondary N) is 1. The molecule has 4 heterocycles. The largest absolute Gasteiger partial charge is 0.370 e. The van der Waals surface area contributed by atoms with Crippen LogP contribution >= 0.6 is 11.6 Å². The lowest BCUT2D eigenvalue weighted by Crippen LogP contribution is -2.39. The fourth-order valence-electron chi connectivity index (χ4n) is 3.85. The highest BCUT2D eigenvalue weighted by Crippen LogP contribution is 2.29. The van der Waals surface area contributed by atoms with Crippen LogP contribution in [0.15, 0.2) is 49.1 Å². The summed E-state index contributed by atoms with van der Waals surface area (Å²) in [5.74, 6) is -0.479. The lowest BCUT2D eigenvalue weighted by Gasteiger charge is -2.33. The Kier molecular flexibility index (Phi) is 6.18. The molecule has 1 saturated heterocycles. The molecular weight excluding hydrogens is 475 g/mol. The van der Waals surface area contributed by atoms with Crippen LogP contribution < -0.4 is 10.2 Å². The van der Waals surface area contributed by atoms with Crippen LogP contribution in [0.1, 0.15) is 22.2 Å². The summed E-state index contributed by atoms with van der Waals surface area (Å²) in [7, 11) is 3.59. The molecule has 0 spiro atoms. The van der Waals surface area contributed by atoms with Crippen LogP contribution in [-0.4, -0.2) is 55.1 Å². The molecule has 0 aliphatic carbocycles. The first-order chi connectivity index (χ1) is 16.9. The molecule has 1 N–H and O–H groups in total. The number of morpholine rings is 1. The van der Waals surface area contributed by atoms with Crippen molar-refractivity contribution in [1.29, 1.82) is 0 Å². The van der Waals surface area contributed by atoms with Crippen molar-refractivity contribution in [3.63, 3.8) is 0 Å². The van der Waals surface area contributed by atoms with Crippen LogP contribution in [0.5, 0.6) is 0 Å². The topological polar surface area (TPSA) is 103 Å². The van der Waals surface area contributed by atoms with E-state index < -0.39 is 11.7 Å². The van der Waals surface area contributed by atoms with E-state index in [1.54, 1.807) is 40.9 Å². The summed E-state index contributed by atoms with van der Waals surface area (Å²) < 4.78 is 24.0. The van der Waals surface area contributed by atoms with Crippen LogP contribution in [-0.2, 0) is 18.8 Å². The molecule has 0 radical (unpaired) electrons. The van der Waals surface area contributed by atoms with Gasteiger partial charge in [-0.15, -0.1) is 0 Å². The van der Waals surface area contributed by atoms with Gasteiger partial charge in [0.2, 0.25) is 0 Å². The Bertz CT molecular complexity index is 1390. The number of benzene rings is 1. The highest BCUT2D eigenvalue weighted by Gasteiger charge is 2.26. The monoisotopic (exact) mass is 496 g/mol. The molecule has 1 aromatic carbocycles. The van der Waals surface area contributed by atoms with Crippen molar-refractivity contribution in [2.45, 2.75) is 6.10 Å². The molecular formula is C23H22ClFN8O2. The number of aryl methyl sites for hydroxylation is 2. The zero-order valence-corrected chi connectivity index (χ0v) is 19.8. The Morgan fingerprint density at radius 2 is 1.94 bits per heavy atom. The standard InChI is InChI=1S/C23H22ClFN8O2/c1-31-11-14(9-26-31)20-13-33(5-6-35-20)21-8-19(23(34)28-16-10-27-32(2)12-16)29-22(30-21)17-4-3-15(24)7-18(17)25/h3-4,7-12,20H,5-6,13H2,1-2H3,(H,28,34). The summed E-state index contributed by atoms with van der Waals surface area (Å²) in [5, 5.41) is 11.3. The second kappa shape index (κ2) is 9.43. The Labute approximate surface area is 205 Å². The minimum atomic E-state index is -0.580. The third-order valence-corrected chi connectivity index (χ3v) is 5.80. The van der Waals surface area contributed by atoms with Gasteiger partial charge in [-0.1, -0.05) is 11.6 Å². The average Bonchev–Trinajstić information content (AvgIpc) is 3.46. The number of carbonyl (C=O) groups excluding carboxylic acids is 1. The molecule has 3 aromatic heterocycles. The van der Waals surface area contributed by atoms with Crippen molar-refractivity contribution in [2.24, 2.45) is 14.1 Å². The van der Waals surface area contributed by atoms with Gasteiger partial charge in [0.15, 0.2) is 5.82 Å². The van der Waals surface area contributed by atoms with Gasteiger partial charge in [0.05, 0.1) is 30.3 Å². The predicted molar refractivity (Wildman–Crippen MR) is 128 cm³/mol. The Morgan fingerprint density at radius 1 is 1.14 bits per heavy atom. The van der Waals surface area contributed by atoms with Gasteiger partial charge in [0.25, 0.3) is 5.91 Å². The number of hydrogen-bond donors (Lipinski definition) is 1. The average molecular weight is 497 g/mol. The minimum Gasteiger partial charge on any atom is -0.370 e. The number of amides is 1. The Balaban J connectivity index is 1.51. The van der Waals surface area contributed by atoms with Crippen molar-refractivity contribution in [3.8, 4) is 11.4 Å². The van der Waals surface area contributed by atoms with Crippen molar-refractivity contribution in [3.05, 3.63) is 71.2 Å². The van der Waals surface area contributed by atoms with Crippen molar-refractivity contribution in [2.75, 3.05) is 29.9 Å². The maximum Gasteiger partial charge on any atom is 0.274 e. The zero-order chi connectivity index (χ0) is 24.5. The van der Waals surface area contributed by atoms with Crippen LogP contribution in [0.3, 0.4) is 0 Å². The molecule has 1 aliphatic heterocycles. The third-order valence-electron chi connectivity index (χ3n) is 5.57. The minimum absolute atomic E-state index is 0.0809. The maximum absolute atomic E-state index is 14.8. The van der Waals surface area contributed by atoms with E-state index in [-0.39, 0.29) is 28.2 Å². The summed E-state index contributed by atoms with van der Waals surface area (Å²) >= 11 is 5.93. The summed E-state index contributed by atoms with van der Waals surface area (Å²) in [6.45, 7) is 1.47. The van der Waals surface area contributed by atoms with Gasteiger partial charge in [-0.2, -0.15) is 10.2 Å². The van der Waals surface area contributed by atoms with Gasteiger partial charge in [-0.25, -0.2) is 14.4 Å². The van der Waals surface area contributed by atoms with E-state index in [1.165, 1.54) is 18.3 Å². The lowest BCUT2D eigenvalue weighted by atomic mass is 10.1. The molecule has 1 aliphatic rings. The van der Waals surface area contributed by atoms with Gasteiger partial charge in [-0.3, -0.25) is 14.2 Å². The predicted octanol–water partition coefficient (Wildman–Crippen LogP) is 3.23. The lowest BCUT2D eigenvalue weighted by molar-refractivity contribution is 0.0395. The number of hydrogen-bond acceptors (Lipinski definition) is 7. The first-order valence-electron chi connectivity index (χ1n) is 10.9. The van der Waals surface area contributed by atoms with E-state index in [0.29, 0.717) is 31.2 Å². The zero-order valence-electron chi connectivity index (χ0n) is 19.0. The second-order valence-electron chi connectivity index (χ2n) is 8.17. The van der Waals surface area contributed by atoms with E-state index in [0.717, 1.165) is 5.56 Å². The summed E-state index contributed by atoms with van der Waals surface area (Å²) in [4.78, 5) is 24.0. The van der Waals surface area contributed by atoms with Gasteiger partial charge in [0, 0.05) is 56.2 Å². The quantitative estimate of drug-likeness (QED) is 0.452. The molecule has 1 unspecified atom stereocenters. The van der Waals surface area contributed by atoms with Gasteiger partial charge in [0.1, 0.15) is 23.4 Å². The normalized spacial score (nSPS) is 15.9. The van der Waals surface area contributed by atoms with Crippen LogP contribution in [0.25, 0.3) is 11.4 Å². The van der Waals surface area contributed by atoms with Crippen molar-refractivity contribution < 1.29 is 13.9 Å². The van der Waals surface area contributed by atoms with E-state index in [9.17, 15) is 9.18 Å². The molecule has 0 bridgehead atoms. The molecule has 0 saturated carbocycles. The number of ether oxygens (including phenoxy) is 1. The van der Waals surface area contributed by atoms with Gasteiger partial charge in [-0.05, 0) is 18.2 Å². The highest BCUT2D eigenvalue weighted by atomic mass is 35.5. The van der Waals surface area contributed by atoms with Crippen LogP contribution in [0, 0.1) is 5.82 Å². The first-order valence-corrected chi connectivity index (χ1v) is 11.2. The summed E-state index contributed by atoms with van der Waals surface area (Å²) in [5.41, 5.74) is 1.68. The fourth-order valence-corrected chi connectivity index (χ4v) is 4.01. The van der Waals surface area contributed by atoms with E-state index in [1.807, 2.05) is 18.1 Å². The van der Waals surface area contributed by atoms with E-state index in [4.69, 9.17) is 16.3 Å². The maximum atomic E-state index is 14.8. The Morgan fingerprint density at radius 3 is 2.66 bits per heavy atom. The Hall–Kier alpha value is -3.83. The molecule has 35 heavy (non-hydrogen) atoms. The number of nitrogens with zero attached hydrogens (tertiary/aromatic N) is 7. The number of halogens is 2. The number of aromatic nitrogens is 6. The molecule has 180 valence electrons. The van der Waals surface area contributed by atoms with Crippen molar-refractivity contribution >= 4 is 29.0 Å². The van der Waals surface area contributed by atoms with Crippen LogP contribution in [0.2, 0.25) is 5.02 Å². The van der Waals surface area contributed by atoms with Gasteiger partial charge >= 0.3 is 0 Å². The first kappa shape index (κ1) is 22.9. The fraction of sp³-hybridized carbons (Fsp3) is 0.261. The van der Waals surface area contributed by atoms with Crippen molar-refractivity contribution in [1.82, 2.24) is 29.5 Å². The van der Waals surface area contributed by atoms with E-state index in [2.05, 4.69) is 25.5 Å². The van der Waals surface area contributed by atoms with Gasteiger partial charge < -0.3 is 15.0 Å². The number of carbonyl (C=O) groups is 1. The second-order valence-corrected chi connectivity index (χ2v) is 8.61. The molecule has 5 rings (SSSR count). The van der Waals surface area contributed by atoms with E-state index >= 15 is 0 Å². The molecule has 1 amide bonds. The SMILES string of the molecule is Cn1cc(NC(=O)c2cc(N3CCOC(c4cnn(C)c4)C3)nc(-c3ccc(Cl)cc3F)n2)cn1. The molecule has 4 aromatic rings. The summed E-state index contributed by atoms with van der Waals surface area (Å²) in [6, 6.07) is 5.83. The van der Waals surface area contributed by atoms with Crippen LogP contribution in [0.4, 0.5) is 15.9 Å². The molecule has 10 nitrogen and oxygen atoms in total. The third kappa shape index (κ3) is 5.00. The molecule has 1 fully saturated rings. The molecule has 12 heteroatoms. The summed E-state index contributed by atoms with van der Waals surface area (Å²) in [6.07, 6.45) is 6.63.